The number of halogens is 1. The minimum Gasteiger partial charge on any atom is -0.374 e. The first-order valence-electron chi connectivity index (χ1n) is 20.7. The van der Waals surface area contributed by atoms with Crippen LogP contribution in [-0.4, -0.2) is 151 Å². The summed E-state index contributed by atoms with van der Waals surface area (Å²) in [7, 11) is 0. The first-order valence-corrected chi connectivity index (χ1v) is 20.7. The van der Waals surface area contributed by atoms with Gasteiger partial charge in [-0.25, -0.2) is 4.39 Å². The molecule has 9 rings (SSSR count). The number of carbonyl (C=O) groups is 3. The van der Waals surface area contributed by atoms with Crippen molar-refractivity contribution in [1.82, 2.24) is 30.2 Å². The van der Waals surface area contributed by atoms with E-state index in [0.29, 0.717) is 44.1 Å². The van der Waals surface area contributed by atoms with Crippen LogP contribution >= 0.6 is 0 Å². The smallest absolute Gasteiger partial charge is 0.256 e. The molecular weight excluding hydrogens is 651 g/mol. The van der Waals surface area contributed by atoms with Crippen molar-refractivity contribution < 1.29 is 28.2 Å². The molecule has 12 heteroatoms. The average molecular weight is 711 g/mol. The monoisotopic (exact) mass is 710 g/mol. The molecule has 2 N–H and O–H groups in total. The lowest BCUT2D eigenvalue weighted by Crippen LogP contribution is -2.73. The number of hydrogen-bond acceptors (Lipinski definition) is 9. The van der Waals surface area contributed by atoms with Crippen LogP contribution in [0.2, 0.25) is 0 Å². The number of amides is 2. The number of likely N-dealkylation sites (tertiary alicyclic amines) is 3. The van der Waals surface area contributed by atoms with Crippen LogP contribution in [-0.2, 0) is 23.9 Å². The van der Waals surface area contributed by atoms with Crippen LogP contribution in [0.5, 0.6) is 0 Å². The highest BCUT2D eigenvalue weighted by molar-refractivity contribution is 6.20. The normalized spacial score (nSPS) is 42.8. The van der Waals surface area contributed by atoms with Gasteiger partial charge in [0.25, 0.3) is 5.91 Å². The van der Waals surface area contributed by atoms with Crippen LogP contribution in [0.4, 0.5) is 4.39 Å². The van der Waals surface area contributed by atoms with Crippen molar-refractivity contribution in [3.8, 4) is 0 Å². The molecule has 9 aliphatic rings. The molecule has 3 saturated carbocycles. The molecule has 6 heterocycles. The standard InChI is InChI=1S/C39H59FN6O5/c40-29-18-27-35-38(36(29)45-16-10-24(21-45)42-34(47)23-44-14-4-1-5-15-44)51-33-19-26-25-8-2-3-9-31(25)50-32(26)20-30(33)46(35)22-28(37(27)48)39(49)41-11-17-43-12-6-7-13-43/h22,24-27,29-33,35-36,38H,1-21,23H2,(H,41,49)(H,42,47)/t24-,25?,26?,27?,29?,30?,31?,32?,33?,35?,36?,38?/m1/s1. The largest absolute Gasteiger partial charge is 0.374 e. The molecule has 51 heavy (non-hydrogen) atoms. The second-order valence-corrected chi connectivity index (χ2v) is 17.4. The highest BCUT2D eigenvalue weighted by Crippen LogP contribution is 2.53. The van der Waals surface area contributed by atoms with E-state index < -0.39 is 24.2 Å². The van der Waals surface area contributed by atoms with Crippen LogP contribution in [0.15, 0.2) is 11.8 Å². The molecule has 3 aliphatic carbocycles. The number of nitrogens with zero attached hydrogens (tertiary/aromatic N) is 4. The van der Waals surface area contributed by atoms with Crippen LogP contribution in [0.1, 0.15) is 83.5 Å². The van der Waals surface area contributed by atoms with E-state index in [4.69, 9.17) is 9.47 Å². The number of nitrogens with one attached hydrogen (secondary N) is 2. The first-order chi connectivity index (χ1) is 24.9. The van der Waals surface area contributed by atoms with E-state index in [9.17, 15) is 14.4 Å². The SMILES string of the molecule is O=C(CN1CCCCC1)N[C@@H]1CCN(C2C(F)CC3C(=O)C(C(=O)NCCN4CCCC4)=CN4C5CC6OC7CCCCC7C6CC5OC2C34)C1. The number of rotatable bonds is 8. The Bertz CT molecular complexity index is 1350. The van der Waals surface area contributed by atoms with Crippen molar-refractivity contribution >= 4 is 17.6 Å². The average Bonchev–Trinajstić information content (AvgIpc) is 3.90. The Morgan fingerprint density at radius 1 is 0.804 bits per heavy atom. The molecule has 12 atom stereocenters. The number of alkyl halides is 1. The number of morpholine rings is 1. The van der Waals surface area contributed by atoms with E-state index in [0.717, 1.165) is 71.2 Å². The minimum absolute atomic E-state index is 0.0205. The molecular formula is C39H59FN6O5. The maximum absolute atomic E-state index is 16.8. The van der Waals surface area contributed by atoms with E-state index in [1.54, 1.807) is 0 Å². The summed E-state index contributed by atoms with van der Waals surface area (Å²) in [5, 5.41) is 6.30. The second kappa shape index (κ2) is 14.6. The van der Waals surface area contributed by atoms with Gasteiger partial charge in [-0.15, -0.1) is 0 Å². The van der Waals surface area contributed by atoms with Gasteiger partial charge in [0, 0.05) is 44.3 Å². The summed E-state index contributed by atoms with van der Waals surface area (Å²) < 4.78 is 30.6. The Morgan fingerprint density at radius 2 is 1.59 bits per heavy atom. The van der Waals surface area contributed by atoms with Crippen molar-refractivity contribution in [3.63, 3.8) is 0 Å². The zero-order chi connectivity index (χ0) is 34.6. The molecule has 11 nitrogen and oxygen atoms in total. The molecule has 0 aromatic carbocycles. The number of fused-ring (bicyclic) bond motifs is 5. The minimum atomic E-state index is -1.27. The lowest BCUT2D eigenvalue weighted by molar-refractivity contribution is -0.220. The maximum atomic E-state index is 16.8. The molecule has 0 spiro atoms. The summed E-state index contributed by atoms with van der Waals surface area (Å²) in [5.74, 6) is -0.185. The summed E-state index contributed by atoms with van der Waals surface area (Å²) >= 11 is 0. The number of ketones is 1. The molecule has 0 aromatic rings. The summed E-state index contributed by atoms with van der Waals surface area (Å²) in [5.41, 5.74) is 0.170. The summed E-state index contributed by atoms with van der Waals surface area (Å²) in [6.45, 7) is 7.00. The predicted molar refractivity (Wildman–Crippen MR) is 188 cm³/mol. The second-order valence-electron chi connectivity index (χ2n) is 17.4. The van der Waals surface area contributed by atoms with Gasteiger partial charge in [-0.3, -0.25) is 24.2 Å². The molecule has 6 aliphatic heterocycles. The van der Waals surface area contributed by atoms with Gasteiger partial charge in [0.15, 0.2) is 5.78 Å². The fourth-order valence-corrected chi connectivity index (χ4v) is 12.0. The molecule has 5 saturated heterocycles. The lowest BCUT2D eigenvalue weighted by Gasteiger charge is -2.61. The number of piperidine rings is 1. The highest BCUT2D eigenvalue weighted by atomic mass is 19.1. The van der Waals surface area contributed by atoms with Crippen LogP contribution < -0.4 is 10.6 Å². The third kappa shape index (κ3) is 6.67. The van der Waals surface area contributed by atoms with Crippen molar-refractivity contribution in [1.29, 1.82) is 0 Å². The van der Waals surface area contributed by atoms with Crippen molar-refractivity contribution in [3.05, 3.63) is 11.8 Å². The summed E-state index contributed by atoms with van der Waals surface area (Å²) in [6, 6.07) is -0.883. The van der Waals surface area contributed by atoms with E-state index in [-0.39, 0.29) is 59.9 Å². The molecule has 2 amide bonds. The van der Waals surface area contributed by atoms with E-state index in [1.165, 1.54) is 38.5 Å². The fraction of sp³-hybridized carbons (Fsp3) is 0.872. The highest BCUT2D eigenvalue weighted by Gasteiger charge is 2.62. The van der Waals surface area contributed by atoms with E-state index >= 15 is 4.39 Å². The van der Waals surface area contributed by atoms with Crippen LogP contribution in [0.25, 0.3) is 0 Å². The van der Waals surface area contributed by atoms with Gasteiger partial charge in [0.05, 0.1) is 54.7 Å². The third-order valence-corrected chi connectivity index (χ3v) is 14.4. The number of ether oxygens (including phenoxy) is 2. The summed E-state index contributed by atoms with van der Waals surface area (Å²) in [4.78, 5) is 50.0. The Labute approximate surface area is 302 Å². The zero-order valence-corrected chi connectivity index (χ0v) is 30.3. The maximum Gasteiger partial charge on any atom is 0.256 e. The molecule has 0 bridgehead atoms. The van der Waals surface area contributed by atoms with Gasteiger partial charge < -0.3 is 29.9 Å². The van der Waals surface area contributed by atoms with Gasteiger partial charge in [-0.1, -0.05) is 19.3 Å². The van der Waals surface area contributed by atoms with Gasteiger partial charge in [0.1, 0.15) is 6.17 Å². The number of Topliss-reactive ketones (excluding diaryl/α,β-unsaturated/α-hetero) is 1. The molecule has 8 fully saturated rings. The van der Waals surface area contributed by atoms with Gasteiger partial charge in [-0.05, 0) is 102 Å². The molecule has 282 valence electrons. The number of hydrogen-bond donors (Lipinski definition) is 2. The van der Waals surface area contributed by atoms with E-state index in [1.807, 2.05) is 6.20 Å². The Morgan fingerprint density at radius 3 is 2.43 bits per heavy atom. The van der Waals surface area contributed by atoms with Gasteiger partial charge >= 0.3 is 0 Å². The Kier molecular flexibility index (Phi) is 9.92. The van der Waals surface area contributed by atoms with E-state index in [2.05, 4.69) is 30.2 Å². The number of carbonyl (C=O) groups excluding carboxylic acids is 3. The Balaban J connectivity index is 0.950. The lowest BCUT2D eigenvalue weighted by atomic mass is 9.67. The predicted octanol–water partition coefficient (Wildman–Crippen LogP) is 2.24. The van der Waals surface area contributed by atoms with Gasteiger partial charge in [0.2, 0.25) is 5.91 Å². The molecule has 0 radical (unpaired) electrons. The van der Waals surface area contributed by atoms with Gasteiger partial charge in [-0.2, -0.15) is 0 Å². The van der Waals surface area contributed by atoms with Crippen molar-refractivity contribution in [2.75, 3.05) is 58.9 Å². The fourth-order valence-electron chi connectivity index (χ4n) is 12.0. The van der Waals surface area contributed by atoms with Crippen molar-refractivity contribution in [2.45, 2.75) is 138 Å². The third-order valence-electron chi connectivity index (χ3n) is 14.4. The topological polar surface area (TPSA) is 107 Å². The van der Waals surface area contributed by atoms with Crippen molar-refractivity contribution in [2.24, 2.45) is 17.8 Å². The molecule has 11 unspecified atom stereocenters. The first kappa shape index (κ1) is 34.6. The molecule has 0 aromatic heterocycles. The zero-order valence-electron chi connectivity index (χ0n) is 30.3. The van der Waals surface area contributed by atoms with Crippen LogP contribution in [0, 0.1) is 17.8 Å². The summed E-state index contributed by atoms with van der Waals surface area (Å²) in [6.07, 6.45) is 13.6. The van der Waals surface area contributed by atoms with Crippen LogP contribution in [0.3, 0.4) is 0 Å². The quantitative estimate of drug-likeness (QED) is 0.367. The Hall–Kier alpha value is -2.12.